The first-order chi connectivity index (χ1) is 17.4. The van der Waals surface area contributed by atoms with E-state index in [1.165, 1.54) is 13.2 Å². The number of likely N-dealkylation sites (tertiary alicyclic amines) is 1. The third-order valence-corrected chi connectivity index (χ3v) is 7.30. The zero-order valence-corrected chi connectivity index (χ0v) is 20.2. The van der Waals surface area contributed by atoms with Crippen LogP contribution in [0.4, 0.5) is 36.8 Å². The molecule has 202 valence electrons. The Balaban J connectivity index is 1.47. The van der Waals surface area contributed by atoms with E-state index in [0.29, 0.717) is 31.4 Å². The van der Waals surface area contributed by atoms with Crippen molar-refractivity contribution in [2.24, 2.45) is 0 Å². The minimum Gasteiger partial charge on any atom is -0.493 e. The number of nitrogens with zero attached hydrogens (tertiary/aromatic N) is 1. The molecular weight excluding hydrogens is 504 g/mol. The number of fused-ring (bicyclic) bond motifs is 1. The first kappa shape index (κ1) is 26.9. The van der Waals surface area contributed by atoms with E-state index >= 15 is 0 Å². The number of halogens is 6. The Bertz CT molecular complexity index is 1150. The van der Waals surface area contributed by atoms with Gasteiger partial charge in [-0.15, -0.1) is 0 Å². The Morgan fingerprint density at radius 3 is 2.57 bits per heavy atom. The zero-order valence-electron chi connectivity index (χ0n) is 20.2. The van der Waals surface area contributed by atoms with Crippen LogP contribution in [0.2, 0.25) is 0 Å². The molecule has 3 atom stereocenters. The van der Waals surface area contributed by atoms with Crippen molar-refractivity contribution in [1.82, 2.24) is 10.2 Å². The second-order valence-corrected chi connectivity index (χ2v) is 9.44. The molecule has 0 spiro atoms. The van der Waals surface area contributed by atoms with E-state index in [1.54, 1.807) is 12.1 Å². The summed E-state index contributed by atoms with van der Waals surface area (Å²) < 4.78 is 87.9. The quantitative estimate of drug-likeness (QED) is 0.465. The molecule has 2 fully saturated rings. The number of anilines is 1. The predicted molar refractivity (Wildman–Crippen MR) is 124 cm³/mol. The van der Waals surface area contributed by atoms with Gasteiger partial charge in [0.15, 0.2) is 11.5 Å². The second-order valence-electron chi connectivity index (χ2n) is 9.44. The standard InChI is InChI=1S/C25H27F6N3O3/c1-34-8-7-24(14-3-4-19(37-22(27)28)20(11-14)36-2)6-5-17(13-21(24)34)32-23(35)33-18-10-15(25(29,30)31)9-16(26)12-18/h3-4,9-12,17,21-22H,5-8,13H2,1-2H3,(H2,32,33,35)/t17-,21+,24-/m0/s1. The van der Waals surface area contributed by atoms with Crippen LogP contribution in [0.1, 0.15) is 36.8 Å². The van der Waals surface area contributed by atoms with Gasteiger partial charge in [0.25, 0.3) is 0 Å². The van der Waals surface area contributed by atoms with Gasteiger partial charge in [0.1, 0.15) is 5.82 Å². The molecule has 1 aliphatic heterocycles. The van der Waals surface area contributed by atoms with Gasteiger partial charge in [-0.1, -0.05) is 6.07 Å². The Morgan fingerprint density at radius 2 is 1.89 bits per heavy atom. The monoisotopic (exact) mass is 531 g/mol. The van der Waals surface area contributed by atoms with E-state index in [4.69, 9.17) is 4.74 Å². The largest absolute Gasteiger partial charge is 0.493 e. The fourth-order valence-electron chi connectivity index (χ4n) is 5.60. The maximum atomic E-state index is 13.7. The first-order valence-corrected chi connectivity index (χ1v) is 11.7. The van der Waals surface area contributed by atoms with Crippen LogP contribution in [0.25, 0.3) is 0 Å². The van der Waals surface area contributed by atoms with Crippen molar-refractivity contribution in [1.29, 1.82) is 0 Å². The number of hydrogen-bond acceptors (Lipinski definition) is 4. The molecule has 0 bridgehead atoms. The number of likely N-dealkylation sites (N-methyl/N-ethyl adjacent to an activating group) is 1. The molecule has 1 aliphatic carbocycles. The molecule has 12 heteroatoms. The number of amides is 2. The zero-order chi connectivity index (χ0) is 27.0. The summed E-state index contributed by atoms with van der Waals surface area (Å²) in [5, 5.41) is 5.09. The lowest BCUT2D eigenvalue weighted by molar-refractivity contribution is -0.137. The smallest absolute Gasteiger partial charge is 0.416 e. The summed E-state index contributed by atoms with van der Waals surface area (Å²) in [7, 11) is 3.34. The molecule has 2 aliphatic rings. The van der Waals surface area contributed by atoms with Crippen LogP contribution in [0, 0.1) is 5.82 Å². The maximum Gasteiger partial charge on any atom is 0.416 e. The van der Waals surface area contributed by atoms with Crippen LogP contribution in [-0.4, -0.2) is 50.3 Å². The number of carbonyl (C=O) groups excluding carboxylic acids is 1. The van der Waals surface area contributed by atoms with E-state index < -0.39 is 30.2 Å². The van der Waals surface area contributed by atoms with Gasteiger partial charge in [0.2, 0.25) is 0 Å². The molecule has 1 heterocycles. The minimum absolute atomic E-state index is 0.00382. The summed E-state index contributed by atoms with van der Waals surface area (Å²) in [5.74, 6) is -0.965. The minimum atomic E-state index is -4.75. The van der Waals surface area contributed by atoms with E-state index in [9.17, 15) is 31.1 Å². The molecule has 1 saturated heterocycles. The molecule has 2 aromatic rings. The molecule has 1 saturated carbocycles. The molecule has 0 radical (unpaired) electrons. The van der Waals surface area contributed by atoms with E-state index in [-0.39, 0.29) is 34.7 Å². The number of urea groups is 1. The summed E-state index contributed by atoms with van der Waals surface area (Å²) >= 11 is 0. The summed E-state index contributed by atoms with van der Waals surface area (Å²) in [4.78, 5) is 14.7. The van der Waals surface area contributed by atoms with Crippen molar-refractivity contribution in [2.45, 2.75) is 56.0 Å². The molecule has 2 N–H and O–H groups in total. The number of benzene rings is 2. The maximum absolute atomic E-state index is 13.7. The lowest BCUT2D eigenvalue weighted by atomic mass is 9.65. The summed E-state index contributed by atoms with van der Waals surface area (Å²) in [5.41, 5.74) is -0.878. The van der Waals surface area contributed by atoms with Crippen molar-refractivity contribution in [3.63, 3.8) is 0 Å². The topological polar surface area (TPSA) is 62.8 Å². The molecule has 2 amide bonds. The fraction of sp³-hybridized carbons (Fsp3) is 0.480. The summed E-state index contributed by atoms with van der Waals surface area (Å²) in [6.07, 6.45) is -2.13. The third kappa shape index (κ3) is 5.73. The van der Waals surface area contributed by atoms with Gasteiger partial charge in [-0.2, -0.15) is 22.0 Å². The molecule has 37 heavy (non-hydrogen) atoms. The molecule has 0 unspecified atom stereocenters. The Labute approximate surface area is 209 Å². The van der Waals surface area contributed by atoms with Crippen molar-refractivity contribution in [2.75, 3.05) is 26.0 Å². The van der Waals surface area contributed by atoms with Gasteiger partial charge in [0.05, 0.1) is 12.7 Å². The Hall–Kier alpha value is -3.15. The highest BCUT2D eigenvalue weighted by molar-refractivity contribution is 5.89. The fourth-order valence-corrected chi connectivity index (χ4v) is 5.60. The molecule has 2 aromatic carbocycles. The van der Waals surface area contributed by atoms with Crippen LogP contribution in [-0.2, 0) is 11.6 Å². The average Bonchev–Trinajstić information content (AvgIpc) is 3.15. The first-order valence-electron chi connectivity index (χ1n) is 11.7. The number of ether oxygens (including phenoxy) is 2. The number of alkyl halides is 5. The normalized spacial score (nSPS) is 24.0. The summed E-state index contributed by atoms with van der Waals surface area (Å²) in [6, 6.07) is 5.79. The Kier molecular flexibility index (Phi) is 7.50. The SMILES string of the molecule is COc1cc([C@@]23CC[C@H](NC(=O)Nc4cc(F)cc(C(F)(F)F)c4)C[C@H]2N(C)CC3)ccc1OC(F)F. The van der Waals surface area contributed by atoms with Crippen LogP contribution >= 0.6 is 0 Å². The number of hydrogen-bond donors (Lipinski definition) is 2. The number of methoxy groups -OCH3 is 1. The molecular formula is C25H27F6N3O3. The number of carbonyl (C=O) groups is 1. The van der Waals surface area contributed by atoms with Crippen molar-refractivity contribution in [3.8, 4) is 11.5 Å². The van der Waals surface area contributed by atoms with E-state index in [0.717, 1.165) is 24.6 Å². The highest BCUT2D eigenvalue weighted by atomic mass is 19.4. The second kappa shape index (κ2) is 10.3. The van der Waals surface area contributed by atoms with Gasteiger partial charge < -0.3 is 25.0 Å². The molecule has 6 nitrogen and oxygen atoms in total. The highest BCUT2D eigenvalue weighted by Crippen LogP contribution is 2.50. The lowest BCUT2D eigenvalue weighted by Crippen LogP contribution is -2.52. The van der Waals surface area contributed by atoms with Crippen LogP contribution in [0.5, 0.6) is 11.5 Å². The van der Waals surface area contributed by atoms with Crippen LogP contribution < -0.4 is 20.1 Å². The average molecular weight is 531 g/mol. The van der Waals surface area contributed by atoms with Gasteiger partial charge in [-0.05, 0) is 75.2 Å². The van der Waals surface area contributed by atoms with Crippen molar-refractivity contribution in [3.05, 3.63) is 53.3 Å². The van der Waals surface area contributed by atoms with Gasteiger partial charge in [0, 0.05) is 23.2 Å². The summed E-state index contributed by atoms with van der Waals surface area (Å²) in [6.45, 7) is -2.20. The predicted octanol–water partition coefficient (Wildman–Crippen LogP) is 5.77. The molecule has 4 rings (SSSR count). The lowest BCUT2D eigenvalue weighted by Gasteiger charge is -2.45. The number of nitrogens with one attached hydrogen (secondary N) is 2. The Morgan fingerprint density at radius 1 is 1.14 bits per heavy atom. The van der Waals surface area contributed by atoms with Crippen molar-refractivity contribution >= 4 is 11.7 Å². The van der Waals surface area contributed by atoms with E-state index in [2.05, 4.69) is 20.3 Å². The van der Waals surface area contributed by atoms with Crippen LogP contribution in [0.15, 0.2) is 36.4 Å². The van der Waals surface area contributed by atoms with Gasteiger partial charge in [-0.25, -0.2) is 9.18 Å². The third-order valence-electron chi connectivity index (χ3n) is 7.30. The van der Waals surface area contributed by atoms with Gasteiger partial charge >= 0.3 is 18.8 Å². The highest BCUT2D eigenvalue weighted by Gasteiger charge is 2.50. The molecule has 0 aromatic heterocycles. The van der Waals surface area contributed by atoms with Crippen molar-refractivity contribution < 1.29 is 40.6 Å². The van der Waals surface area contributed by atoms with E-state index in [1.807, 2.05) is 7.05 Å². The van der Waals surface area contributed by atoms with Crippen LogP contribution in [0.3, 0.4) is 0 Å². The van der Waals surface area contributed by atoms with Gasteiger partial charge in [-0.3, -0.25) is 0 Å². The number of rotatable bonds is 6.